The van der Waals surface area contributed by atoms with Gasteiger partial charge in [0, 0.05) is 18.9 Å². The normalized spacial score (nSPS) is 15.8. The zero-order chi connectivity index (χ0) is 13.9. The number of carbonyl (C=O) groups is 1. The lowest BCUT2D eigenvalue weighted by molar-refractivity contribution is 0.0691. The van der Waals surface area contributed by atoms with E-state index in [1.165, 1.54) is 19.0 Å². The number of nitrogens with zero attached hydrogens (tertiary/aromatic N) is 3. The predicted octanol–water partition coefficient (Wildman–Crippen LogP) is 1.51. The van der Waals surface area contributed by atoms with Crippen molar-refractivity contribution in [1.29, 1.82) is 0 Å². The number of pyridine rings is 1. The molecule has 1 aliphatic heterocycles. The summed E-state index contributed by atoms with van der Waals surface area (Å²) in [6.07, 6.45) is 5.78. The van der Waals surface area contributed by atoms with Crippen LogP contribution in [0.25, 0.3) is 5.65 Å². The van der Waals surface area contributed by atoms with Crippen LogP contribution in [-0.2, 0) is 0 Å². The number of hydrogen-bond donors (Lipinski definition) is 1. The Bertz CT molecular complexity index is 617. The van der Waals surface area contributed by atoms with Crippen LogP contribution in [0.3, 0.4) is 0 Å². The van der Waals surface area contributed by atoms with Gasteiger partial charge < -0.3 is 14.2 Å². The number of ether oxygens (including phenoxy) is 1. The minimum absolute atomic E-state index is 0.0283. The fourth-order valence-electron chi connectivity index (χ4n) is 2.49. The number of imidazole rings is 1. The lowest BCUT2D eigenvalue weighted by atomic mass is 10.4. The van der Waals surface area contributed by atoms with E-state index in [2.05, 4.69) is 9.88 Å². The quantitative estimate of drug-likeness (QED) is 0.896. The van der Waals surface area contributed by atoms with E-state index < -0.39 is 5.97 Å². The Hall–Kier alpha value is -2.08. The second-order valence-corrected chi connectivity index (χ2v) is 4.93. The van der Waals surface area contributed by atoms with Crippen molar-refractivity contribution in [1.82, 2.24) is 14.3 Å². The van der Waals surface area contributed by atoms with Crippen molar-refractivity contribution in [3.8, 4) is 5.75 Å². The zero-order valence-electron chi connectivity index (χ0n) is 11.2. The maximum absolute atomic E-state index is 10.9. The van der Waals surface area contributed by atoms with E-state index in [0.717, 1.165) is 19.6 Å². The Labute approximate surface area is 116 Å². The van der Waals surface area contributed by atoms with Crippen molar-refractivity contribution < 1.29 is 14.6 Å². The van der Waals surface area contributed by atoms with Crippen LogP contribution < -0.4 is 4.74 Å². The smallest absolute Gasteiger partial charge is 0.356 e. The number of carboxylic acids is 1. The molecule has 2 aromatic heterocycles. The Morgan fingerprint density at radius 2 is 2.20 bits per heavy atom. The van der Waals surface area contributed by atoms with Crippen molar-refractivity contribution >= 4 is 11.6 Å². The van der Waals surface area contributed by atoms with Gasteiger partial charge in [-0.1, -0.05) is 0 Å². The fourth-order valence-corrected chi connectivity index (χ4v) is 2.49. The van der Waals surface area contributed by atoms with Crippen LogP contribution in [0.15, 0.2) is 24.5 Å². The molecule has 0 amide bonds. The number of hydrogen-bond acceptors (Lipinski definition) is 4. The predicted molar refractivity (Wildman–Crippen MR) is 73.3 cm³/mol. The molecule has 0 spiro atoms. The van der Waals surface area contributed by atoms with Crippen molar-refractivity contribution in [3.63, 3.8) is 0 Å². The number of aromatic carboxylic acids is 1. The third kappa shape index (κ3) is 2.60. The van der Waals surface area contributed by atoms with Gasteiger partial charge in [0.1, 0.15) is 6.61 Å². The van der Waals surface area contributed by atoms with Crippen LogP contribution in [0, 0.1) is 0 Å². The molecular weight excluding hydrogens is 258 g/mol. The van der Waals surface area contributed by atoms with Crippen LogP contribution in [0.2, 0.25) is 0 Å². The van der Waals surface area contributed by atoms with E-state index >= 15 is 0 Å². The third-order valence-corrected chi connectivity index (χ3v) is 3.53. The highest BCUT2D eigenvalue weighted by molar-refractivity contribution is 5.86. The first kappa shape index (κ1) is 12.9. The first-order valence-electron chi connectivity index (χ1n) is 6.80. The molecule has 6 heteroatoms. The average molecular weight is 275 g/mol. The molecule has 0 aliphatic carbocycles. The van der Waals surface area contributed by atoms with Gasteiger partial charge in [-0.3, -0.25) is 4.90 Å². The van der Waals surface area contributed by atoms with Gasteiger partial charge in [-0.15, -0.1) is 0 Å². The Kier molecular flexibility index (Phi) is 3.56. The second kappa shape index (κ2) is 5.50. The lowest BCUT2D eigenvalue weighted by Gasteiger charge is -2.15. The summed E-state index contributed by atoms with van der Waals surface area (Å²) >= 11 is 0. The molecule has 0 atom stereocenters. The molecule has 0 bridgehead atoms. The van der Waals surface area contributed by atoms with E-state index in [1.807, 2.05) is 12.1 Å². The standard InChI is InChI=1S/C14H17N3O3/c18-14(19)11-10-17-7-3-4-12(13(17)15-11)20-9-8-16-5-1-2-6-16/h3-4,7,10H,1-2,5-6,8-9H2,(H,18,19). The van der Waals surface area contributed by atoms with Gasteiger partial charge in [0.05, 0.1) is 0 Å². The van der Waals surface area contributed by atoms with Crippen molar-refractivity contribution in [3.05, 3.63) is 30.2 Å². The molecule has 1 N–H and O–H groups in total. The average Bonchev–Trinajstić information content (AvgIpc) is 3.07. The largest absolute Gasteiger partial charge is 0.488 e. The van der Waals surface area contributed by atoms with E-state index in [4.69, 9.17) is 9.84 Å². The van der Waals surface area contributed by atoms with Crippen molar-refractivity contribution in [2.24, 2.45) is 0 Å². The number of aromatic nitrogens is 2. The van der Waals surface area contributed by atoms with E-state index in [1.54, 1.807) is 10.6 Å². The lowest BCUT2D eigenvalue weighted by Crippen LogP contribution is -2.25. The first-order valence-corrected chi connectivity index (χ1v) is 6.80. The van der Waals surface area contributed by atoms with E-state index in [9.17, 15) is 4.79 Å². The minimum atomic E-state index is -1.03. The van der Waals surface area contributed by atoms with Gasteiger partial charge in [0.25, 0.3) is 0 Å². The van der Waals surface area contributed by atoms with E-state index in [-0.39, 0.29) is 5.69 Å². The van der Waals surface area contributed by atoms with Gasteiger partial charge in [0.2, 0.25) is 0 Å². The molecule has 20 heavy (non-hydrogen) atoms. The third-order valence-electron chi connectivity index (χ3n) is 3.53. The molecule has 3 heterocycles. The first-order chi connectivity index (χ1) is 9.74. The van der Waals surface area contributed by atoms with Crippen LogP contribution in [0.4, 0.5) is 0 Å². The SMILES string of the molecule is O=C(O)c1cn2cccc(OCCN3CCCC3)c2n1. The topological polar surface area (TPSA) is 67.1 Å². The molecule has 0 radical (unpaired) electrons. The number of carboxylic acid groups (broad SMARTS) is 1. The van der Waals surface area contributed by atoms with Gasteiger partial charge in [-0.25, -0.2) is 9.78 Å². The molecule has 3 rings (SSSR count). The number of fused-ring (bicyclic) bond motifs is 1. The molecule has 0 saturated carbocycles. The molecule has 2 aromatic rings. The molecule has 6 nitrogen and oxygen atoms in total. The monoisotopic (exact) mass is 275 g/mol. The highest BCUT2D eigenvalue weighted by Gasteiger charge is 2.13. The maximum Gasteiger partial charge on any atom is 0.356 e. The highest BCUT2D eigenvalue weighted by atomic mass is 16.5. The summed E-state index contributed by atoms with van der Waals surface area (Å²) in [5.74, 6) is -0.407. The molecule has 1 fully saturated rings. The molecule has 1 aliphatic rings. The van der Waals surface area contributed by atoms with Gasteiger partial charge in [-0.2, -0.15) is 0 Å². The minimum Gasteiger partial charge on any atom is -0.488 e. The van der Waals surface area contributed by atoms with Gasteiger partial charge >= 0.3 is 5.97 Å². The van der Waals surface area contributed by atoms with Crippen molar-refractivity contribution in [2.75, 3.05) is 26.2 Å². The molecule has 1 saturated heterocycles. The van der Waals surface area contributed by atoms with Gasteiger partial charge in [0.15, 0.2) is 17.1 Å². The van der Waals surface area contributed by atoms with Gasteiger partial charge in [-0.05, 0) is 38.1 Å². The molecule has 0 unspecified atom stereocenters. The van der Waals surface area contributed by atoms with Crippen LogP contribution in [0.1, 0.15) is 23.3 Å². The number of rotatable bonds is 5. The number of likely N-dealkylation sites (tertiary alicyclic amines) is 1. The summed E-state index contributed by atoms with van der Waals surface area (Å²) in [4.78, 5) is 17.4. The van der Waals surface area contributed by atoms with E-state index in [0.29, 0.717) is 18.0 Å². The summed E-state index contributed by atoms with van der Waals surface area (Å²) in [5, 5.41) is 8.97. The highest BCUT2D eigenvalue weighted by Crippen LogP contribution is 2.19. The summed E-state index contributed by atoms with van der Waals surface area (Å²) < 4.78 is 7.43. The van der Waals surface area contributed by atoms with Crippen molar-refractivity contribution in [2.45, 2.75) is 12.8 Å². The molecule has 0 aromatic carbocycles. The fraction of sp³-hybridized carbons (Fsp3) is 0.429. The van der Waals surface area contributed by atoms with Crippen LogP contribution in [-0.4, -0.2) is 51.6 Å². The summed E-state index contributed by atoms with van der Waals surface area (Å²) in [6.45, 7) is 3.77. The Morgan fingerprint density at radius 3 is 2.95 bits per heavy atom. The maximum atomic E-state index is 10.9. The molecular formula is C14H17N3O3. The summed E-state index contributed by atoms with van der Waals surface area (Å²) in [7, 11) is 0. The van der Waals surface area contributed by atoms with Crippen LogP contribution in [0.5, 0.6) is 5.75 Å². The second-order valence-electron chi connectivity index (χ2n) is 4.93. The Balaban J connectivity index is 1.71. The van der Waals surface area contributed by atoms with Crippen LogP contribution >= 0.6 is 0 Å². The Morgan fingerprint density at radius 1 is 1.40 bits per heavy atom. The summed E-state index contributed by atoms with van der Waals surface area (Å²) in [6, 6.07) is 3.64. The molecule has 106 valence electrons. The summed E-state index contributed by atoms with van der Waals surface area (Å²) in [5.41, 5.74) is 0.576. The zero-order valence-corrected chi connectivity index (χ0v) is 11.2.